The summed E-state index contributed by atoms with van der Waals surface area (Å²) in [5.41, 5.74) is -0.363. The molecule has 0 aliphatic carbocycles. The van der Waals surface area contributed by atoms with Crippen LogP contribution in [0.2, 0.25) is 0 Å². The van der Waals surface area contributed by atoms with Crippen molar-refractivity contribution < 1.29 is 14.4 Å². The van der Waals surface area contributed by atoms with Crippen molar-refractivity contribution in [2.24, 2.45) is 0 Å². The first-order valence-electron chi connectivity index (χ1n) is 8.33. The Morgan fingerprint density at radius 1 is 1.12 bits per heavy atom. The zero-order valence-electron chi connectivity index (χ0n) is 14.2. The van der Waals surface area contributed by atoms with Gasteiger partial charge in [-0.15, -0.1) is 11.3 Å². The van der Waals surface area contributed by atoms with E-state index in [1.165, 1.54) is 11.3 Å². The summed E-state index contributed by atoms with van der Waals surface area (Å²) in [5, 5.41) is 2.80. The Labute approximate surface area is 150 Å². The molecule has 1 aliphatic rings. The Morgan fingerprint density at radius 2 is 1.84 bits per heavy atom. The summed E-state index contributed by atoms with van der Waals surface area (Å²) in [6.45, 7) is 3.64. The molecule has 2 aromatic rings. The summed E-state index contributed by atoms with van der Waals surface area (Å²) in [6, 6.07) is 12.3. The van der Waals surface area contributed by atoms with Gasteiger partial charge in [0.15, 0.2) is 5.78 Å². The number of nitrogens with one attached hydrogen (secondary N) is 1. The number of thiophene rings is 1. The number of carbonyl (C=O) groups excluding carboxylic acids is 3. The third kappa shape index (κ3) is 2.98. The largest absolute Gasteiger partial charge is 0.325 e. The molecule has 6 heteroatoms. The number of benzene rings is 1. The minimum absolute atomic E-state index is 0.215. The van der Waals surface area contributed by atoms with Gasteiger partial charge in [0.05, 0.1) is 11.4 Å². The van der Waals surface area contributed by atoms with Gasteiger partial charge in [-0.3, -0.25) is 14.5 Å². The first kappa shape index (κ1) is 17.4. The molecule has 3 amide bonds. The molecule has 3 rings (SSSR count). The van der Waals surface area contributed by atoms with Crippen LogP contribution in [0.25, 0.3) is 0 Å². The lowest BCUT2D eigenvalue weighted by Crippen LogP contribution is -2.43. The standard InChI is InChI=1S/C19H20N2O3S/c1-3-14-10-11-16(25-14)15(22)12-21-17(23)19(4-2,20-18(21)24)13-8-6-5-7-9-13/h5-11H,3-4,12H2,1-2H3,(H,20,24)/t19-/m1/s1. The average molecular weight is 356 g/mol. The smallest absolute Gasteiger partial charge is 0.319 e. The fourth-order valence-electron chi connectivity index (χ4n) is 3.07. The Hall–Kier alpha value is -2.47. The number of aryl methyl sites for hydroxylation is 1. The molecule has 2 heterocycles. The summed E-state index contributed by atoms with van der Waals surface area (Å²) in [7, 11) is 0. The number of nitrogens with zero attached hydrogens (tertiary/aromatic N) is 1. The first-order valence-corrected chi connectivity index (χ1v) is 9.15. The second-order valence-electron chi connectivity index (χ2n) is 5.99. The molecule has 0 spiro atoms. The molecule has 1 aromatic carbocycles. The van der Waals surface area contributed by atoms with Crippen molar-refractivity contribution in [1.82, 2.24) is 10.2 Å². The molecule has 0 saturated carbocycles. The molecule has 1 atom stereocenters. The number of hydrogen-bond acceptors (Lipinski definition) is 4. The number of urea groups is 1. The van der Waals surface area contributed by atoms with Gasteiger partial charge in [-0.2, -0.15) is 0 Å². The van der Waals surface area contributed by atoms with Gasteiger partial charge in [0.25, 0.3) is 5.91 Å². The third-order valence-corrected chi connectivity index (χ3v) is 5.83. The predicted molar refractivity (Wildman–Crippen MR) is 96.7 cm³/mol. The molecule has 130 valence electrons. The van der Waals surface area contributed by atoms with Gasteiger partial charge >= 0.3 is 6.03 Å². The highest BCUT2D eigenvalue weighted by atomic mass is 32.1. The van der Waals surface area contributed by atoms with Gasteiger partial charge in [-0.1, -0.05) is 44.2 Å². The molecule has 0 bridgehead atoms. The van der Waals surface area contributed by atoms with E-state index in [1.54, 1.807) is 6.07 Å². The van der Waals surface area contributed by atoms with Crippen molar-refractivity contribution in [2.45, 2.75) is 32.2 Å². The van der Waals surface area contributed by atoms with Crippen molar-refractivity contribution in [3.05, 3.63) is 57.8 Å². The Kier molecular flexibility index (Phi) is 4.72. The van der Waals surface area contributed by atoms with Crippen molar-refractivity contribution >= 4 is 29.1 Å². The van der Waals surface area contributed by atoms with Crippen LogP contribution < -0.4 is 5.32 Å². The molecule has 1 saturated heterocycles. The zero-order valence-corrected chi connectivity index (χ0v) is 15.1. The van der Waals surface area contributed by atoms with Gasteiger partial charge in [-0.25, -0.2) is 4.79 Å². The Bertz CT molecular complexity index is 815. The van der Waals surface area contributed by atoms with Crippen LogP contribution in [0.5, 0.6) is 0 Å². The molecule has 1 aromatic heterocycles. The normalized spacial score (nSPS) is 20.0. The monoisotopic (exact) mass is 356 g/mol. The van der Waals surface area contributed by atoms with Crippen LogP contribution in [0.3, 0.4) is 0 Å². The van der Waals surface area contributed by atoms with Gasteiger partial charge in [0, 0.05) is 4.88 Å². The van der Waals surface area contributed by atoms with Gasteiger partial charge in [0.1, 0.15) is 5.54 Å². The maximum absolute atomic E-state index is 13.0. The lowest BCUT2D eigenvalue weighted by molar-refractivity contribution is -0.131. The maximum atomic E-state index is 13.0. The van der Waals surface area contributed by atoms with E-state index in [-0.39, 0.29) is 18.2 Å². The lowest BCUT2D eigenvalue weighted by atomic mass is 9.87. The van der Waals surface area contributed by atoms with E-state index < -0.39 is 11.6 Å². The number of carbonyl (C=O) groups is 3. The minimum Gasteiger partial charge on any atom is -0.319 e. The molecular formula is C19H20N2O3S. The molecule has 1 fully saturated rings. The number of rotatable bonds is 6. The second kappa shape index (κ2) is 6.80. The Balaban J connectivity index is 1.85. The van der Waals surface area contributed by atoms with Crippen molar-refractivity contribution in [3.63, 3.8) is 0 Å². The van der Waals surface area contributed by atoms with E-state index in [0.717, 1.165) is 21.8 Å². The molecule has 0 unspecified atom stereocenters. The van der Waals surface area contributed by atoms with Crippen molar-refractivity contribution in [3.8, 4) is 0 Å². The average Bonchev–Trinajstić information content (AvgIpc) is 3.21. The summed E-state index contributed by atoms with van der Waals surface area (Å²) < 4.78 is 0. The summed E-state index contributed by atoms with van der Waals surface area (Å²) in [4.78, 5) is 40.6. The predicted octanol–water partition coefficient (Wildman–Crippen LogP) is 3.35. The zero-order chi connectivity index (χ0) is 18.0. The molecule has 0 radical (unpaired) electrons. The van der Waals surface area contributed by atoms with Gasteiger partial charge in [-0.05, 0) is 30.5 Å². The van der Waals surface area contributed by atoms with Crippen LogP contribution in [0.1, 0.15) is 40.4 Å². The van der Waals surface area contributed by atoms with E-state index in [0.29, 0.717) is 11.3 Å². The Morgan fingerprint density at radius 3 is 2.44 bits per heavy atom. The van der Waals surface area contributed by atoms with Crippen molar-refractivity contribution in [2.75, 3.05) is 6.54 Å². The summed E-state index contributed by atoms with van der Waals surface area (Å²) >= 11 is 1.41. The molecule has 25 heavy (non-hydrogen) atoms. The molecule has 5 nitrogen and oxygen atoms in total. The molecular weight excluding hydrogens is 336 g/mol. The van der Waals surface area contributed by atoms with E-state index in [2.05, 4.69) is 5.32 Å². The van der Waals surface area contributed by atoms with Crippen LogP contribution in [-0.4, -0.2) is 29.2 Å². The van der Waals surface area contributed by atoms with E-state index in [1.807, 2.05) is 50.2 Å². The molecule has 1 aliphatic heterocycles. The van der Waals surface area contributed by atoms with Crippen LogP contribution in [0, 0.1) is 0 Å². The topological polar surface area (TPSA) is 66.5 Å². The van der Waals surface area contributed by atoms with Crippen LogP contribution >= 0.6 is 11.3 Å². The summed E-state index contributed by atoms with van der Waals surface area (Å²) in [5.74, 6) is -0.583. The highest BCUT2D eigenvalue weighted by Gasteiger charge is 2.51. The van der Waals surface area contributed by atoms with E-state index >= 15 is 0 Å². The van der Waals surface area contributed by atoms with Crippen LogP contribution in [-0.2, 0) is 16.8 Å². The number of amides is 3. The second-order valence-corrected chi connectivity index (χ2v) is 7.16. The fraction of sp³-hybridized carbons (Fsp3) is 0.316. The number of hydrogen-bond donors (Lipinski definition) is 1. The highest BCUT2D eigenvalue weighted by Crippen LogP contribution is 2.32. The highest BCUT2D eigenvalue weighted by molar-refractivity contribution is 7.14. The van der Waals surface area contributed by atoms with Crippen molar-refractivity contribution in [1.29, 1.82) is 0 Å². The van der Waals surface area contributed by atoms with Crippen LogP contribution in [0.15, 0.2) is 42.5 Å². The first-order chi connectivity index (χ1) is 12.0. The minimum atomic E-state index is -1.09. The molecule has 1 N–H and O–H groups in total. The lowest BCUT2D eigenvalue weighted by Gasteiger charge is -2.25. The third-order valence-electron chi connectivity index (χ3n) is 4.56. The quantitative estimate of drug-likeness (QED) is 0.637. The summed E-state index contributed by atoms with van der Waals surface area (Å²) in [6.07, 6.45) is 1.28. The SMILES string of the molecule is CCc1ccc(C(=O)CN2C(=O)N[C@](CC)(c3ccccc3)C2=O)s1. The maximum Gasteiger partial charge on any atom is 0.325 e. The number of ketones is 1. The van der Waals surface area contributed by atoms with E-state index in [4.69, 9.17) is 0 Å². The number of Topliss-reactive ketones (excluding diaryl/α,β-unsaturated/α-hetero) is 1. The van der Waals surface area contributed by atoms with Gasteiger partial charge < -0.3 is 5.32 Å². The fourth-order valence-corrected chi connectivity index (χ4v) is 3.95. The van der Waals surface area contributed by atoms with Crippen LogP contribution in [0.4, 0.5) is 4.79 Å². The van der Waals surface area contributed by atoms with Gasteiger partial charge in [0.2, 0.25) is 0 Å². The number of imide groups is 1. The van der Waals surface area contributed by atoms with E-state index in [9.17, 15) is 14.4 Å².